The number of ether oxygens (including phenoxy) is 1. The van der Waals surface area contributed by atoms with E-state index < -0.39 is 5.54 Å². The summed E-state index contributed by atoms with van der Waals surface area (Å²) in [6.45, 7) is 2.90. The second-order valence-electron chi connectivity index (χ2n) is 5.31. The number of hydrogen-bond donors (Lipinski definition) is 1. The van der Waals surface area contributed by atoms with Gasteiger partial charge in [-0.25, -0.2) is 4.79 Å². The minimum absolute atomic E-state index is 0.289. The van der Waals surface area contributed by atoms with E-state index in [-0.39, 0.29) is 5.97 Å². The largest absolute Gasteiger partial charge is 0.467 e. The van der Waals surface area contributed by atoms with E-state index in [2.05, 4.69) is 28.3 Å². The van der Waals surface area contributed by atoms with E-state index in [0.29, 0.717) is 25.4 Å². The highest BCUT2D eigenvalue weighted by atomic mass is 16.5. The molecule has 0 spiro atoms. The summed E-state index contributed by atoms with van der Waals surface area (Å²) in [5.41, 5.74) is 9.65. The van der Waals surface area contributed by atoms with Crippen LogP contribution in [-0.2, 0) is 15.1 Å². The Morgan fingerprint density at radius 2 is 2.33 bits per heavy atom. The molecule has 1 aromatic carbocycles. The third-order valence-electron chi connectivity index (χ3n) is 4.14. The van der Waals surface area contributed by atoms with E-state index in [0.717, 1.165) is 12.0 Å². The van der Waals surface area contributed by atoms with Gasteiger partial charge in [-0.3, -0.25) is 5.32 Å². The summed E-state index contributed by atoms with van der Waals surface area (Å²) in [6.07, 6.45) is 1.58. The number of methoxy groups -OCH3 is 1. The molecular formula is C15H20N4O2. The van der Waals surface area contributed by atoms with Gasteiger partial charge in [-0.2, -0.15) is 0 Å². The first-order valence-corrected chi connectivity index (χ1v) is 7.09. The van der Waals surface area contributed by atoms with Crippen molar-refractivity contribution in [3.63, 3.8) is 0 Å². The van der Waals surface area contributed by atoms with Crippen molar-refractivity contribution in [1.82, 2.24) is 5.32 Å². The monoisotopic (exact) mass is 288 g/mol. The van der Waals surface area contributed by atoms with Crippen LogP contribution in [0.2, 0.25) is 0 Å². The predicted octanol–water partition coefficient (Wildman–Crippen LogP) is 2.85. The molecule has 1 aromatic rings. The fourth-order valence-electron chi connectivity index (χ4n) is 3.04. The first-order chi connectivity index (χ1) is 10.2. The summed E-state index contributed by atoms with van der Waals surface area (Å²) in [4.78, 5) is 15.2. The SMILES string of the molecule is COC(=O)C1(NCCN=[N+]=[N-])CCC(C)c2ccccc21. The number of nitrogens with zero attached hydrogens (tertiary/aromatic N) is 3. The van der Waals surface area contributed by atoms with Gasteiger partial charge in [-0.05, 0) is 35.4 Å². The summed E-state index contributed by atoms with van der Waals surface area (Å²) in [5, 5.41) is 6.77. The van der Waals surface area contributed by atoms with Crippen molar-refractivity contribution in [1.29, 1.82) is 0 Å². The molecular weight excluding hydrogens is 268 g/mol. The molecule has 2 atom stereocenters. The maximum Gasteiger partial charge on any atom is 0.330 e. The van der Waals surface area contributed by atoms with Crippen molar-refractivity contribution < 1.29 is 9.53 Å². The van der Waals surface area contributed by atoms with Gasteiger partial charge in [0.2, 0.25) is 0 Å². The Hall–Kier alpha value is -2.04. The minimum atomic E-state index is -0.844. The predicted molar refractivity (Wildman–Crippen MR) is 79.8 cm³/mol. The zero-order chi connectivity index (χ0) is 15.3. The topological polar surface area (TPSA) is 87.1 Å². The smallest absolute Gasteiger partial charge is 0.330 e. The molecule has 0 saturated heterocycles. The molecule has 0 radical (unpaired) electrons. The second kappa shape index (κ2) is 6.61. The van der Waals surface area contributed by atoms with Gasteiger partial charge in [0, 0.05) is 18.0 Å². The molecule has 1 aliphatic rings. The maximum absolute atomic E-state index is 12.4. The van der Waals surface area contributed by atoms with E-state index in [1.807, 2.05) is 18.2 Å². The summed E-state index contributed by atoms with van der Waals surface area (Å²) >= 11 is 0. The molecule has 0 amide bonds. The van der Waals surface area contributed by atoms with Crippen LogP contribution in [-0.4, -0.2) is 26.2 Å². The van der Waals surface area contributed by atoms with Crippen molar-refractivity contribution in [2.45, 2.75) is 31.2 Å². The van der Waals surface area contributed by atoms with Gasteiger partial charge in [-0.1, -0.05) is 36.3 Å². The van der Waals surface area contributed by atoms with E-state index in [1.165, 1.54) is 12.7 Å². The highest BCUT2D eigenvalue weighted by molar-refractivity contribution is 5.83. The van der Waals surface area contributed by atoms with E-state index in [4.69, 9.17) is 10.3 Å². The normalized spacial score (nSPS) is 23.8. The molecule has 0 heterocycles. The van der Waals surface area contributed by atoms with Crippen LogP contribution in [0, 0.1) is 0 Å². The Morgan fingerprint density at radius 1 is 1.57 bits per heavy atom. The Bertz CT molecular complexity index is 569. The second-order valence-corrected chi connectivity index (χ2v) is 5.31. The van der Waals surface area contributed by atoms with E-state index in [1.54, 1.807) is 0 Å². The zero-order valence-electron chi connectivity index (χ0n) is 12.4. The Labute approximate surface area is 124 Å². The first kappa shape index (κ1) is 15.4. The molecule has 112 valence electrons. The van der Waals surface area contributed by atoms with Crippen molar-refractivity contribution in [3.8, 4) is 0 Å². The summed E-state index contributed by atoms with van der Waals surface area (Å²) in [7, 11) is 1.40. The van der Waals surface area contributed by atoms with Gasteiger partial charge >= 0.3 is 5.97 Å². The number of rotatable bonds is 5. The molecule has 2 unspecified atom stereocenters. The van der Waals surface area contributed by atoms with Crippen molar-refractivity contribution in [2.24, 2.45) is 5.11 Å². The summed E-state index contributed by atoms with van der Waals surface area (Å²) in [6, 6.07) is 7.96. The number of hydrogen-bond acceptors (Lipinski definition) is 4. The third-order valence-corrected chi connectivity index (χ3v) is 4.14. The Balaban J connectivity index is 2.38. The van der Waals surface area contributed by atoms with Crippen LogP contribution in [0.4, 0.5) is 0 Å². The van der Waals surface area contributed by atoms with Crippen LogP contribution in [0.3, 0.4) is 0 Å². The molecule has 6 nitrogen and oxygen atoms in total. The molecule has 0 saturated carbocycles. The molecule has 6 heteroatoms. The lowest BCUT2D eigenvalue weighted by atomic mass is 9.72. The number of fused-ring (bicyclic) bond motifs is 1. The summed E-state index contributed by atoms with van der Waals surface area (Å²) < 4.78 is 5.04. The number of carbonyl (C=O) groups is 1. The van der Waals surface area contributed by atoms with Gasteiger partial charge in [0.05, 0.1) is 7.11 Å². The average molecular weight is 288 g/mol. The Morgan fingerprint density at radius 3 is 3.05 bits per heavy atom. The van der Waals surface area contributed by atoms with Crippen LogP contribution < -0.4 is 5.32 Å². The molecule has 21 heavy (non-hydrogen) atoms. The first-order valence-electron chi connectivity index (χ1n) is 7.09. The molecule has 0 fully saturated rings. The lowest BCUT2D eigenvalue weighted by Crippen LogP contribution is -2.53. The molecule has 1 aliphatic carbocycles. The molecule has 1 N–H and O–H groups in total. The minimum Gasteiger partial charge on any atom is -0.467 e. The number of carbonyl (C=O) groups excluding carboxylic acids is 1. The zero-order valence-corrected chi connectivity index (χ0v) is 12.4. The van der Waals surface area contributed by atoms with Gasteiger partial charge in [0.1, 0.15) is 5.54 Å². The van der Waals surface area contributed by atoms with Crippen molar-refractivity contribution >= 4 is 5.97 Å². The highest BCUT2D eigenvalue weighted by Crippen LogP contribution is 2.41. The fraction of sp³-hybridized carbons (Fsp3) is 0.533. The van der Waals surface area contributed by atoms with Gasteiger partial charge in [-0.15, -0.1) is 0 Å². The summed E-state index contributed by atoms with van der Waals surface area (Å²) in [5.74, 6) is 0.126. The lowest BCUT2D eigenvalue weighted by molar-refractivity contribution is -0.150. The average Bonchev–Trinajstić information content (AvgIpc) is 2.53. The Kier molecular flexibility index (Phi) is 4.83. The quantitative estimate of drug-likeness (QED) is 0.297. The van der Waals surface area contributed by atoms with Crippen LogP contribution >= 0.6 is 0 Å². The number of nitrogens with one attached hydrogen (secondary N) is 1. The van der Waals surface area contributed by atoms with Crippen LogP contribution in [0.1, 0.15) is 36.8 Å². The number of esters is 1. The van der Waals surface area contributed by atoms with Gasteiger partial charge < -0.3 is 4.74 Å². The fourth-order valence-corrected chi connectivity index (χ4v) is 3.04. The van der Waals surface area contributed by atoms with E-state index in [9.17, 15) is 4.79 Å². The van der Waals surface area contributed by atoms with Crippen LogP contribution in [0.5, 0.6) is 0 Å². The molecule has 2 rings (SSSR count). The van der Waals surface area contributed by atoms with Gasteiger partial charge in [0.15, 0.2) is 0 Å². The standard InChI is InChI=1S/C15H20N4O2/c1-11-7-8-15(14(20)21-2,17-9-10-18-19-16)13-6-4-3-5-12(11)13/h3-6,11,17H,7-10H2,1-2H3. The maximum atomic E-state index is 12.4. The molecule has 0 aliphatic heterocycles. The van der Waals surface area contributed by atoms with Crippen LogP contribution in [0.25, 0.3) is 10.4 Å². The van der Waals surface area contributed by atoms with Gasteiger partial charge in [0.25, 0.3) is 0 Å². The third kappa shape index (κ3) is 2.86. The lowest BCUT2D eigenvalue weighted by Gasteiger charge is -2.39. The molecule has 0 aromatic heterocycles. The van der Waals surface area contributed by atoms with Crippen molar-refractivity contribution in [2.75, 3.05) is 20.2 Å². The van der Waals surface area contributed by atoms with Crippen LogP contribution in [0.15, 0.2) is 29.4 Å². The number of benzene rings is 1. The highest BCUT2D eigenvalue weighted by Gasteiger charge is 2.45. The van der Waals surface area contributed by atoms with Crippen molar-refractivity contribution in [3.05, 3.63) is 45.8 Å². The van der Waals surface area contributed by atoms with E-state index >= 15 is 0 Å². The number of azide groups is 1. The molecule has 0 bridgehead atoms.